The number of nitrogens with one attached hydrogen (secondary N) is 1. The molecule has 47 heavy (non-hydrogen) atoms. The number of nitrogens with zero attached hydrogens (tertiary/aromatic N) is 1. The van der Waals surface area contributed by atoms with Crippen molar-refractivity contribution in [2.24, 2.45) is 5.92 Å². The fraction of sp³-hybridized carbons (Fsp3) is 0.325. The zero-order chi connectivity index (χ0) is 32.6. The molecule has 0 aromatic heterocycles. The molecule has 1 heterocycles. The predicted molar refractivity (Wildman–Crippen MR) is 182 cm³/mol. The average Bonchev–Trinajstić information content (AvgIpc) is 3.61. The number of hydrogen-bond donors (Lipinski definition) is 2. The van der Waals surface area contributed by atoms with Crippen molar-refractivity contribution in [1.82, 2.24) is 10.2 Å². The Labute approximate surface area is 276 Å². The Morgan fingerprint density at radius 1 is 0.830 bits per heavy atom. The fourth-order valence-corrected chi connectivity index (χ4v) is 6.89. The molecule has 6 rings (SSSR count). The van der Waals surface area contributed by atoms with Gasteiger partial charge in [0.2, 0.25) is 11.8 Å². The SMILES string of the molecule is O=C(N[C@@H](Cc1ccc(-c2ccccc2)cc1)C(=O)O)C1c2cc(OCCc3ccccc3)ccc2CCN1C(=O)CC1CCCC1. The summed E-state index contributed by atoms with van der Waals surface area (Å²) in [7, 11) is 0. The van der Waals surface area contributed by atoms with Gasteiger partial charge in [0.05, 0.1) is 6.61 Å². The Hall–Kier alpha value is -4.91. The van der Waals surface area contributed by atoms with Crippen LogP contribution in [0.5, 0.6) is 5.75 Å². The van der Waals surface area contributed by atoms with E-state index in [2.05, 4.69) is 17.4 Å². The highest BCUT2D eigenvalue weighted by atomic mass is 16.5. The summed E-state index contributed by atoms with van der Waals surface area (Å²) >= 11 is 0. The molecule has 1 aliphatic heterocycles. The molecular weight excluding hydrogens is 588 g/mol. The maximum absolute atomic E-state index is 14.2. The highest BCUT2D eigenvalue weighted by molar-refractivity contribution is 5.92. The van der Waals surface area contributed by atoms with Crippen LogP contribution in [0.3, 0.4) is 0 Å². The van der Waals surface area contributed by atoms with Crippen molar-refractivity contribution < 1.29 is 24.2 Å². The second-order valence-electron chi connectivity index (χ2n) is 12.7. The van der Waals surface area contributed by atoms with Crippen LogP contribution in [0.1, 0.15) is 60.4 Å². The van der Waals surface area contributed by atoms with E-state index in [9.17, 15) is 19.5 Å². The minimum atomic E-state index is -1.16. The van der Waals surface area contributed by atoms with Crippen LogP contribution in [0.4, 0.5) is 0 Å². The van der Waals surface area contributed by atoms with E-state index >= 15 is 0 Å². The Balaban J connectivity index is 1.21. The lowest BCUT2D eigenvalue weighted by Gasteiger charge is -2.37. The molecule has 2 N–H and O–H groups in total. The normalized spacial score (nSPS) is 16.7. The van der Waals surface area contributed by atoms with Crippen molar-refractivity contribution in [3.8, 4) is 16.9 Å². The summed E-state index contributed by atoms with van der Waals surface area (Å²) in [6.45, 7) is 0.873. The molecule has 2 atom stereocenters. The number of hydrogen-bond acceptors (Lipinski definition) is 4. The summed E-state index contributed by atoms with van der Waals surface area (Å²) in [6, 6.07) is 31.4. The first-order chi connectivity index (χ1) is 22.9. The zero-order valence-electron chi connectivity index (χ0n) is 26.6. The first-order valence-corrected chi connectivity index (χ1v) is 16.7. The molecule has 0 radical (unpaired) electrons. The van der Waals surface area contributed by atoms with Crippen LogP contribution in [0.25, 0.3) is 11.1 Å². The lowest BCUT2D eigenvalue weighted by Crippen LogP contribution is -2.51. The molecule has 2 amide bonds. The van der Waals surface area contributed by atoms with E-state index in [4.69, 9.17) is 4.74 Å². The molecule has 0 saturated heterocycles. The van der Waals surface area contributed by atoms with Gasteiger partial charge in [0, 0.05) is 25.8 Å². The van der Waals surface area contributed by atoms with Crippen LogP contribution >= 0.6 is 0 Å². The number of amides is 2. The molecule has 2 aliphatic rings. The van der Waals surface area contributed by atoms with Gasteiger partial charge >= 0.3 is 5.97 Å². The summed E-state index contributed by atoms with van der Waals surface area (Å²) in [4.78, 5) is 42.0. The monoisotopic (exact) mass is 630 g/mol. The molecular formula is C40H42N2O5. The summed E-state index contributed by atoms with van der Waals surface area (Å²) in [5, 5.41) is 13.0. The Kier molecular flexibility index (Phi) is 10.3. The van der Waals surface area contributed by atoms with E-state index in [1.165, 1.54) is 5.56 Å². The quantitative estimate of drug-likeness (QED) is 0.180. The van der Waals surface area contributed by atoms with Crippen LogP contribution in [0, 0.1) is 5.92 Å². The number of aliphatic carboxylic acids is 1. The van der Waals surface area contributed by atoms with Crippen molar-refractivity contribution in [2.75, 3.05) is 13.2 Å². The van der Waals surface area contributed by atoms with Gasteiger partial charge in [-0.2, -0.15) is 0 Å². The average molecular weight is 631 g/mol. The van der Waals surface area contributed by atoms with Gasteiger partial charge in [-0.25, -0.2) is 4.79 Å². The van der Waals surface area contributed by atoms with Gasteiger partial charge in [-0.15, -0.1) is 0 Å². The van der Waals surface area contributed by atoms with Crippen molar-refractivity contribution in [3.63, 3.8) is 0 Å². The smallest absolute Gasteiger partial charge is 0.326 e. The number of carboxylic acids is 1. The highest BCUT2D eigenvalue weighted by Crippen LogP contribution is 2.36. The fourth-order valence-electron chi connectivity index (χ4n) is 6.89. The van der Waals surface area contributed by atoms with Crippen molar-refractivity contribution in [3.05, 3.63) is 125 Å². The summed E-state index contributed by atoms with van der Waals surface area (Å²) in [5.74, 6) is -0.716. The van der Waals surface area contributed by atoms with Crippen molar-refractivity contribution in [1.29, 1.82) is 0 Å². The minimum Gasteiger partial charge on any atom is -0.493 e. The first kappa shape index (κ1) is 32.0. The van der Waals surface area contributed by atoms with E-state index in [-0.39, 0.29) is 12.3 Å². The highest BCUT2D eigenvalue weighted by Gasteiger charge is 2.38. The number of benzene rings is 4. The maximum Gasteiger partial charge on any atom is 0.326 e. The van der Waals surface area contributed by atoms with Crippen molar-refractivity contribution >= 4 is 17.8 Å². The van der Waals surface area contributed by atoms with Gasteiger partial charge in [-0.05, 0) is 70.7 Å². The summed E-state index contributed by atoms with van der Waals surface area (Å²) < 4.78 is 6.12. The summed E-state index contributed by atoms with van der Waals surface area (Å²) in [6.07, 6.45) is 6.18. The third kappa shape index (κ3) is 8.09. The minimum absolute atomic E-state index is 0.0542. The first-order valence-electron chi connectivity index (χ1n) is 16.7. The van der Waals surface area contributed by atoms with Gasteiger partial charge in [0.25, 0.3) is 0 Å². The molecule has 1 aliphatic carbocycles. The molecule has 1 fully saturated rings. The number of carbonyl (C=O) groups is 3. The van der Waals surface area contributed by atoms with Crippen LogP contribution in [0.15, 0.2) is 103 Å². The van der Waals surface area contributed by atoms with E-state index < -0.39 is 24.0 Å². The molecule has 1 saturated carbocycles. The van der Waals surface area contributed by atoms with Crippen LogP contribution in [-0.2, 0) is 33.6 Å². The Morgan fingerprint density at radius 2 is 1.51 bits per heavy atom. The molecule has 0 spiro atoms. The third-order valence-electron chi connectivity index (χ3n) is 9.47. The maximum atomic E-state index is 14.2. The van der Waals surface area contributed by atoms with E-state index in [1.807, 2.05) is 91.0 Å². The van der Waals surface area contributed by atoms with Crippen LogP contribution in [0.2, 0.25) is 0 Å². The lowest BCUT2D eigenvalue weighted by atomic mass is 9.90. The molecule has 4 aromatic rings. The Bertz CT molecular complexity index is 1670. The van der Waals surface area contributed by atoms with Crippen LogP contribution in [-0.4, -0.2) is 47.0 Å². The molecule has 4 aromatic carbocycles. The number of carboxylic acid groups (broad SMARTS) is 1. The van der Waals surface area contributed by atoms with Gasteiger partial charge < -0.3 is 20.1 Å². The topological polar surface area (TPSA) is 95.9 Å². The van der Waals surface area contributed by atoms with Crippen LogP contribution < -0.4 is 10.1 Å². The largest absolute Gasteiger partial charge is 0.493 e. The standard InChI is InChI=1S/C40H42N2O5/c43-37(26-29-11-7-8-12-29)42-23-21-33-19-20-34(47-24-22-28-9-3-1-4-10-28)27-35(33)38(42)39(44)41-36(40(45)46)25-30-15-17-32(18-16-30)31-13-5-2-6-14-31/h1-6,9-10,13-20,27,29,36,38H,7-8,11-12,21-26H2,(H,41,44)(H,45,46)/t36-,38?/m0/s1. The van der Waals surface area contributed by atoms with Gasteiger partial charge in [0.1, 0.15) is 17.8 Å². The number of ether oxygens (including phenoxy) is 1. The number of rotatable bonds is 12. The van der Waals surface area contributed by atoms with Gasteiger partial charge in [-0.1, -0.05) is 104 Å². The van der Waals surface area contributed by atoms with E-state index in [0.29, 0.717) is 43.2 Å². The number of fused-ring (bicyclic) bond motifs is 1. The van der Waals surface area contributed by atoms with Crippen molar-refractivity contribution in [2.45, 2.75) is 63.5 Å². The van der Waals surface area contributed by atoms with E-state index in [1.54, 1.807) is 4.90 Å². The molecule has 242 valence electrons. The second-order valence-corrected chi connectivity index (χ2v) is 12.7. The zero-order valence-corrected chi connectivity index (χ0v) is 26.6. The summed E-state index contributed by atoms with van der Waals surface area (Å²) in [5.41, 5.74) is 5.73. The van der Waals surface area contributed by atoms with E-state index in [0.717, 1.165) is 54.4 Å². The van der Waals surface area contributed by atoms with Gasteiger partial charge in [0.15, 0.2) is 0 Å². The predicted octanol–water partition coefficient (Wildman–Crippen LogP) is 6.79. The van der Waals surface area contributed by atoms with Gasteiger partial charge in [-0.3, -0.25) is 9.59 Å². The number of carbonyl (C=O) groups excluding carboxylic acids is 2. The Morgan fingerprint density at radius 3 is 2.21 bits per heavy atom. The molecule has 7 nitrogen and oxygen atoms in total. The molecule has 0 bridgehead atoms. The lowest BCUT2D eigenvalue weighted by molar-refractivity contribution is -0.145. The third-order valence-corrected chi connectivity index (χ3v) is 9.47. The molecule has 1 unspecified atom stereocenters. The molecule has 7 heteroatoms. The second kappa shape index (κ2) is 15.1.